The lowest BCUT2D eigenvalue weighted by Crippen LogP contribution is -2.03. The van der Waals surface area contributed by atoms with Crippen LogP contribution < -0.4 is 0 Å². The van der Waals surface area contributed by atoms with Gasteiger partial charge in [0.1, 0.15) is 6.61 Å². The Morgan fingerprint density at radius 3 is 2.41 bits per heavy atom. The van der Waals surface area contributed by atoms with E-state index in [9.17, 15) is 9.32 Å². The number of hydrogen-bond acceptors (Lipinski definition) is 4. The summed E-state index contributed by atoms with van der Waals surface area (Å²) >= 11 is 0. The number of benzene rings is 1. The Hall–Kier alpha value is -1.91. The Morgan fingerprint density at radius 2 is 1.94 bits per heavy atom. The summed E-state index contributed by atoms with van der Waals surface area (Å²) < 4.78 is 14.9. The van der Waals surface area contributed by atoms with Gasteiger partial charge in [-0.2, -0.15) is 0 Å². The predicted octanol–water partition coefficient (Wildman–Crippen LogP) is 2.57. The first-order valence-electron chi connectivity index (χ1n) is 5.15. The lowest BCUT2D eigenvalue weighted by molar-refractivity contribution is -0.165. The van der Waals surface area contributed by atoms with Gasteiger partial charge in [0, 0.05) is 10.9 Å². The highest BCUT2D eigenvalue weighted by atomic mass is 19.3. The maximum Gasteiger partial charge on any atom is 0.337 e. The van der Waals surface area contributed by atoms with Gasteiger partial charge >= 0.3 is 12.4 Å². The van der Waals surface area contributed by atoms with E-state index >= 15 is 0 Å². The van der Waals surface area contributed by atoms with Crippen LogP contribution in [-0.2, 0) is 25.9 Å². The number of carbonyl (C=O) groups excluding carboxylic acids is 2. The van der Waals surface area contributed by atoms with E-state index in [1.165, 1.54) is 0 Å². The highest BCUT2D eigenvalue weighted by Crippen LogP contribution is 2.02. The van der Waals surface area contributed by atoms with Crippen molar-refractivity contribution in [2.45, 2.75) is 26.4 Å². The Kier molecular flexibility index (Phi) is 9.41. The molecule has 0 radical (unpaired) electrons. The first kappa shape index (κ1) is 15.1. The van der Waals surface area contributed by atoms with E-state index in [1.807, 2.05) is 37.3 Å². The van der Waals surface area contributed by atoms with Gasteiger partial charge in [-0.15, -0.1) is 0 Å². The van der Waals surface area contributed by atoms with Crippen molar-refractivity contribution in [3.63, 3.8) is 0 Å². The van der Waals surface area contributed by atoms with Gasteiger partial charge in [-0.1, -0.05) is 37.3 Å². The van der Waals surface area contributed by atoms with Crippen LogP contribution in [0.4, 0.5) is 4.53 Å². The molecule has 0 fully saturated rings. The summed E-state index contributed by atoms with van der Waals surface area (Å²) in [7, 11) is 0. The fourth-order valence-electron chi connectivity index (χ4n) is 1.01. The lowest BCUT2D eigenvalue weighted by Gasteiger charge is -2.02. The zero-order valence-electron chi connectivity index (χ0n) is 9.60. The van der Waals surface area contributed by atoms with E-state index in [1.54, 1.807) is 0 Å². The minimum Gasteiger partial charge on any atom is -0.461 e. The van der Waals surface area contributed by atoms with Crippen molar-refractivity contribution in [1.82, 2.24) is 0 Å². The zero-order valence-corrected chi connectivity index (χ0v) is 9.60. The summed E-state index contributed by atoms with van der Waals surface area (Å²) in [4.78, 5) is 21.9. The number of halogens is 1. The van der Waals surface area contributed by atoms with E-state index in [0.29, 0.717) is 13.0 Å². The van der Waals surface area contributed by atoms with Gasteiger partial charge in [0.2, 0.25) is 0 Å². The minimum absolute atomic E-state index is 0.119. The summed E-state index contributed by atoms with van der Waals surface area (Å²) in [5, 5.41) is 0. The van der Waals surface area contributed by atoms with E-state index in [4.69, 9.17) is 9.53 Å². The maximum atomic E-state index is 11.0. The molecule has 0 spiro atoms. The van der Waals surface area contributed by atoms with Gasteiger partial charge in [-0.05, 0) is 12.0 Å². The Labute approximate surface area is 99.2 Å². The molecule has 0 bridgehead atoms. The molecule has 4 nitrogen and oxygen atoms in total. The number of ether oxygens (including phenoxy) is 1. The van der Waals surface area contributed by atoms with Crippen molar-refractivity contribution in [3.8, 4) is 0 Å². The molecule has 0 unspecified atom stereocenters. The second-order valence-corrected chi connectivity index (χ2v) is 3.08. The third kappa shape index (κ3) is 9.04. The molecular formula is C12H15FO4. The van der Waals surface area contributed by atoms with Crippen molar-refractivity contribution < 1.29 is 23.8 Å². The molecule has 0 aromatic heterocycles. The van der Waals surface area contributed by atoms with E-state index in [-0.39, 0.29) is 12.4 Å². The molecule has 0 aliphatic carbocycles. The molecule has 0 N–H and O–H groups in total. The van der Waals surface area contributed by atoms with Crippen molar-refractivity contribution in [1.29, 1.82) is 0 Å². The van der Waals surface area contributed by atoms with Crippen LogP contribution >= 0.6 is 0 Å². The number of carbonyl (C=O) groups is 2. The molecular weight excluding hydrogens is 227 g/mol. The molecule has 0 saturated heterocycles. The largest absolute Gasteiger partial charge is 0.461 e. The van der Waals surface area contributed by atoms with Gasteiger partial charge in [0.25, 0.3) is 0 Å². The molecule has 1 rings (SSSR count). The van der Waals surface area contributed by atoms with Crippen LogP contribution in [0.1, 0.15) is 25.3 Å². The summed E-state index contributed by atoms with van der Waals surface area (Å²) in [6, 6.07) is 9.70. The fourth-order valence-corrected chi connectivity index (χ4v) is 1.01. The normalized spacial score (nSPS) is 8.59. The molecule has 0 amide bonds. The molecule has 0 atom stereocenters. The monoisotopic (exact) mass is 242 g/mol. The third-order valence-corrected chi connectivity index (χ3v) is 1.73. The second kappa shape index (κ2) is 10.6. The first-order chi connectivity index (χ1) is 8.24. The zero-order chi connectivity index (χ0) is 12.9. The molecule has 1 aromatic rings. The average Bonchev–Trinajstić information content (AvgIpc) is 2.38. The lowest BCUT2D eigenvalue weighted by atomic mass is 10.2. The second-order valence-electron chi connectivity index (χ2n) is 3.08. The molecule has 0 heterocycles. The van der Waals surface area contributed by atoms with Crippen molar-refractivity contribution in [3.05, 3.63) is 35.9 Å². The van der Waals surface area contributed by atoms with Crippen LogP contribution in [0.15, 0.2) is 30.3 Å². The Morgan fingerprint density at radius 1 is 1.35 bits per heavy atom. The third-order valence-electron chi connectivity index (χ3n) is 1.73. The molecule has 1 aromatic carbocycles. The average molecular weight is 242 g/mol. The number of esters is 1. The van der Waals surface area contributed by atoms with E-state index in [2.05, 4.69) is 4.94 Å². The first-order valence-corrected chi connectivity index (χ1v) is 5.15. The number of hydrogen-bond donors (Lipinski definition) is 0. The van der Waals surface area contributed by atoms with E-state index < -0.39 is 0 Å². The van der Waals surface area contributed by atoms with Crippen LogP contribution in [-0.4, -0.2) is 12.4 Å². The van der Waals surface area contributed by atoms with Crippen LogP contribution in [0, 0.1) is 0 Å². The Bertz CT molecular complexity index is 314. The van der Waals surface area contributed by atoms with Gasteiger partial charge in [0.15, 0.2) is 0 Å². The topological polar surface area (TPSA) is 52.6 Å². The summed E-state index contributed by atoms with van der Waals surface area (Å²) in [6.45, 7) is 2.06. The molecule has 0 aliphatic heterocycles. The standard InChI is InChI=1S/C11H14O2.CHFO2/c1-2-6-11(12)13-9-10-7-4-3-5-8-10;2-4-1-3/h3-5,7-8H,2,6,9H2,1H3;1H. The van der Waals surface area contributed by atoms with Gasteiger partial charge in [-0.3, -0.25) is 14.5 Å². The Balaban J connectivity index is 0.000000557. The van der Waals surface area contributed by atoms with Crippen LogP contribution in [0.2, 0.25) is 0 Å². The van der Waals surface area contributed by atoms with Crippen LogP contribution in [0.5, 0.6) is 0 Å². The minimum atomic E-state index is -0.292. The van der Waals surface area contributed by atoms with Gasteiger partial charge < -0.3 is 4.74 Å². The molecule has 0 saturated carbocycles. The molecule has 94 valence electrons. The van der Waals surface area contributed by atoms with Crippen LogP contribution in [0.3, 0.4) is 0 Å². The summed E-state index contributed by atoms with van der Waals surface area (Å²) in [5.41, 5.74) is 1.03. The van der Waals surface area contributed by atoms with Crippen molar-refractivity contribution in [2.24, 2.45) is 0 Å². The van der Waals surface area contributed by atoms with Crippen molar-refractivity contribution >= 4 is 12.4 Å². The number of rotatable bonds is 5. The quantitative estimate of drug-likeness (QED) is 0.588. The van der Waals surface area contributed by atoms with Crippen LogP contribution in [0.25, 0.3) is 0 Å². The highest BCUT2D eigenvalue weighted by molar-refractivity contribution is 5.69. The summed E-state index contributed by atoms with van der Waals surface area (Å²) in [6.07, 6.45) is 1.35. The highest BCUT2D eigenvalue weighted by Gasteiger charge is 2.00. The molecule has 5 heteroatoms. The van der Waals surface area contributed by atoms with Crippen molar-refractivity contribution in [2.75, 3.05) is 0 Å². The smallest absolute Gasteiger partial charge is 0.337 e. The van der Waals surface area contributed by atoms with Gasteiger partial charge in [-0.25, -0.2) is 0 Å². The molecule has 0 aliphatic rings. The summed E-state index contributed by atoms with van der Waals surface area (Å²) in [5.74, 6) is -0.119. The predicted molar refractivity (Wildman–Crippen MR) is 59.4 cm³/mol. The van der Waals surface area contributed by atoms with Gasteiger partial charge in [0.05, 0.1) is 0 Å². The SMILES string of the molecule is CCCC(=O)OCc1ccccc1.O=COF. The maximum absolute atomic E-state index is 11.0. The molecule has 17 heavy (non-hydrogen) atoms. The van der Waals surface area contributed by atoms with E-state index in [0.717, 1.165) is 12.0 Å². The fraction of sp³-hybridized carbons (Fsp3) is 0.333.